The lowest BCUT2D eigenvalue weighted by Gasteiger charge is -2.32. The topological polar surface area (TPSA) is 15.3 Å². The minimum Gasteiger partial charge on any atom is -0.311 e. The smallest absolute Gasteiger partial charge is 0.0102 e. The summed E-state index contributed by atoms with van der Waals surface area (Å²) in [5, 5.41) is 3.86. The van der Waals surface area contributed by atoms with Crippen molar-refractivity contribution in [1.29, 1.82) is 0 Å². The molecule has 2 rings (SSSR count). The molecule has 16 heavy (non-hydrogen) atoms. The van der Waals surface area contributed by atoms with Crippen LogP contribution in [0.2, 0.25) is 0 Å². The van der Waals surface area contributed by atoms with E-state index >= 15 is 0 Å². The Morgan fingerprint density at radius 3 is 2.50 bits per heavy atom. The Balaban J connectivity index is 1.59. The highest BCUT2D eigenvalue weighted by Crippen LogP contribution is 2.35. The third-order valence-electron chi connectivity index (χ3n) is 4.16. The van der Waals surface area contributed by atoms with Crippen LogP contribution in [0.25, 0.3) is 0 Å². The molecule has 2 nitrogen and oxygen atoms in total. The number of hydrogen-bond acceptors (Lipinski definition) is 2. The summed E-state index contributed by atoms with van der Waals surface area (Å²) in [6.07, 6.45) is 8.29. The summed E-state index contributed by atoms with van der Waals surface area (Å²) in [7, 11) is 0. The molecule has 0 amide bonds. The van der Waals surface area contributed by atoms with Gasteiger partial charge in [-0.3, -0.25) is 0 Å². The Morgan fingerprint density at radius 1 is 1.12 bits per heavy atom. The molecule has 0 aromatic heterocycles. The van der Waals surface area contributed by atoms with Crippen molar-refractivity contribution in [3.63, 3.8) is 0 Å². The van der Waals surface area contributed by atoms with Gasteiger partial charge in [0, 0.05) is 12.1 Å². The highest BCUT2D eigenvalue weighted by Gasteiger charge is 2.37. The van der Waals surface area contributed by atoms with Crippen LogP contribution < -0.4 is 5.32 Å². The third kappa shape index (κ3) is 3.46. The van der Waals surface area contributed by atoms with Gasteiger partial charge in [0.05, 0.1) is 0 Å². The average molecular weight is 224 g/mol. The van der Waals surface area contributed by atoms with Crippen LogP contribution in [0.1, 0.15) is 52.4 Å². The maximum absolute atomic E-state index is 3.86. The lowest BCUT2D eigenvalue weighted by molar-refractivity contribution is 0.196. The van der Waals surface area contributed by atoms with E-state index in [1.54, 1.807) is 0 Å². The van der Waals surface area contributed by atoms with Crippen LogP contribution >= 0.6 is 0 Å². The Kier molecular flexibility index (Phi) is 4.66. The number of likely N-dealkylation sites (tertiary alicyclic amines) is 1. The summed E-state index contributed by atoms with van der Waals surface area (Å²) in [4.78, 5) is 2.62. The fourth-order valence-corrected chi connectivity index (χ4v) is 3.08. The molecule has 0 aromatic rings. The zero-order valence-corrected chi connectivity index (χ0v) is 11.0. The largest absolute Gasteiger partial charge is 0.311 e. The van der Waals surface area contributed by atoms with Crippen LogP contribution in [0.15, 0.2) is 0 Å². The minimum absolute atomic E-state index is 0.819. The van der Waals surface area contributed by atoms with Crippen molar-refractivity contribution in [3.05, 3.63) is 0 Å². The van der Waals surface area contributed by atoms with Gasteiger partial charge >= 0.3 is 0 Å². The number of nitrogens with zero attached hydrogens (tertiary/aromatic N) is 1. The first kappa shape index (κ1) is 12.4. The van der Waals surface area contributed by atoms with Gasteiger partial charge in [0.2, 0.25) is 0 Å². The third-order valence-corrected chi connectivity index (χ3v) is 4.16. The molecule has 2 aliphatic rings. The molecule has 1 saturated heterocycles. The molecule has 2 heteroatoms. The Bertz CT molecular complexity index is 197. The fourth-order valence-electron chi connectivity index (χ4n) is 3.08. The van der Waals surface area contributed by atoms with E-state index < -0.39 is 0 Å². The van der Waals surface area contributed by atoms with Gasteiger partial charge in [-0.2, -0.15) is 0 Å². The molecule has 1 aliphatic heterocycles. The lowest BCUT2D eigenvalue weighted by Crippen LogP contribution is -2.43. The van der Waals surface area contributed by atoms with Crippen molar-refractivity contribution in [2.45, 2.75) is 64.5 Å². The first-order chi connectivity index (χ1) is 7.83. The number of piperidine rings is 1. The van der Waals surface area contributed by atoms with Crippen molar-refractivity contribution >= 4 is 0 Å². The zero-order chi connectivity index (χ0) is 11.4. The van der Waals surface area contributed by atoms with E-state index in [2.05, 4.69) is 24.1 Å². The monoisotopic (exact) mass is 224 g/mol. The van der Waals surface area contributed by atoms with Crippen molar-refractivity contribution in [3.8, 4) is 0 Å². The van der Waals surface area contributed by atoms with Gasteiger partial charge in [0.15, 0.2) is 0 Å². The summed E-state index contributed by atoms with van der Waals surface area (Å²) < 4.78 is 0. The molecule has 1 heterocycles. The second kappa shape index (κ2) is 6.02. The summed E-state index contributed by atoms with van der Waals surface area (Å²) in [5.74, 6) is 1.01. The second-order valence-electron chi connectivity index (χ2n) is 5.67. The van der Waals surface area contributed by atoms with E-state index in [4.69, 9.17) is 0 Å². The maximum Gasteiger partial charge on any atom is 0.0102 e. The van der Waals surface area contributed by atoms with Crippen molar-refractivity contribution in [2.24, 2.45) is 5.92 Å². The molecule has 2 unspecified atom stereocenters. The van der Waals surface area contributed by atoms with Crippen LogP contribution in [0, 0.1) is 5.92 Å². The van der Waals surface area contributed by atoms with Crippen LogP contribution in [0.5, 0.6) is 0 Å². The highest BCUT2D eigenvalue weighted by molar-refractivity contribution is 4.95. The average Bonchev–Trinajstić information content (AvgIpc) is 3.00. The Morgan fingerprint density at radius 2 is 1.88 bits per heavy atom. The highest BCUT2D eigenvalue weighted by atomic mass is 15.1. The molecule has 0 aromatic carbocycles. The molecule has 2 fully saturated rings. The lowest BCUT2D eigenvalue weighted by atomic mass is 10.0. The first-order valence-corrected chi connectivity index (χ1v) is 7.31. The van der Waals surface area contributed by atoms with Gasteiger partial charge in [0.25, 0.3) is 0 Å². The zero-order valence-electron chi connectivity index (χ0n) is 11.0. The molecule has 94 valence electrons. The molecule has 0 spiro atoms. The molecular formula is C14H28N2. The molecule has 0 radical (unpaired) electrons. The van der Waals surface area contributed by atoms with Crippen LogP contribution in [0.4, 0.5) is 0 Å². The quantitative estimate of drug-likeness (QED) is 0.746. The molecule has 1 N–H and O–H groups in total. The summed E-state index contributed by atoms with van der Waals surface area (Å²) >= 11 is 0. The van der Waals surface area contributed by atoms with E-state index in [9.17, 15) is 0 Å². The standard InChI is InChI=1S/C14H28N2/c1-3-5-12-11-14(12)15-13-6-9-16(8-4-2)10-7-13/h12-15H,3-11H2,1-2H3. The van der Waals surface area contributed by atoms with E-state index in [0.29, 0.717) is 0 Å². The van der Waals surface area contributed by atoms with Gasteiger partial charge in [-0.25, -0.2) is 0 Å². The first-order valence-electron chi connectivity index (χ1n) is 7.31. The maximum atomic E-state index is 3.86. The molecule has 1 saturated carbocycles. The van der Waals surface area contributed by atoms with Crippen molar-refractivity contribution in [1.82, 2.24) is 10.2 Å². The molecule has 1 aliphatic carbocycles. The van der Waals surface area contributed by atoms with Crippen LogP contribution in [-0.2, 0) is 0 Å². The fraction of sp³-hybridized carbons (Fsp3) is 1.00. The van der Waals surface area contributed by atoms with Crippen molar-refractivity contribution < 1.29 is 0 Å². The molecule has 2 atom stereocenters. The van der Waals surface area contributed by atoms with Crippen molar-refractivity contribution in [2.75, 3.05) is 19.6 Å². The second-order valence-corrected chi connectivity index (χ2v) is 5.67. The SMILES string of the molecule is CCCC1CC1NC1CCN(CCC)CC1. The van der Waals surface area contributed by atoms with Gasteiger partial charge in [-0.1, -0.05) is 20.3 Å². The Labute approximate surface area is 101 Å². The normalized spacial score (nSPS) is 31.9. The summed E-state index contributed by atoms with van der Waals surface area (Å²) in [6, 6.07) is 1.70. The van der Waals surface area contributed by atoms with Gasteiger partial charge in [-0.05, 0) is 57.7 Å². The summed E-state index contributed by atoms with van der Waals surface area (Å²) in [6.45, 7) is 8.52. The van der Waals surface area contributed by atoms with Gasteiger partial charge in [0.1, 0.15) is 0 Å². The predicted octanol–water partition coefficient (Wildman–Crippen LogP) is 2.64. The van der Waals surface area contributed by atoms with Crippen LogP contribution in [0.3, 0.4) is 0 Å². The van der Waals surface area contributed by atoms with E-state index in [-0.39, 0.29) is 0 Å². The summed E-state index contributed by atoms with van der Waals surface area (Å²) in [5.41, 5.74) is 0. The van der Waals surface area contributed by atoms with E-state index in [0.717, 1.165) is 18.0 Å². The number of rotatable bonds is 6. The van der Waals surface area contributed by atoms with Gasteiger partial charge in [-0.15, -0.1) is 0 Å². The molecule has 0 bridgehead atoms. The predicted molar refractivity (Wildman–Crippen MR) is 69.7 cm³/mol. The molecular weight excluding hydrogens is 196 g/mol. The Hall–Kier alpha value is -0.0800. The van der Waals surface area contributed by atoms with Crippen LogP contribution in [-0.4, -0.2) is 36.6 Å². The van der Waals surface area contributed by atoms with Gasteiger partial charge < -0.3 is 10.2 Å². The number of hydrogen-bond donors (Lipinski definition) is 1. The van der Waals surface area contributed by atoms with E-state index in [1.807, 2.05) is 0 Å². The minimum atomic E-state index is 0.819. The number of nitrogens with one attached hydrogen (secondary N) is 1. The van der Waals surface area contributed by atoms with E-state index in [1.165, 1.54) is 58.2 Å².